The number of aliphatic hydroxyl groups excluding tert-OH is 1. The van der Waals surface area contributed by atoms with E-state index < -0.39 is 23.8 Å². The number of nitrogens with one attached hydrogen (secondary N) is 1. The van der Waals surface area contributed by atoms with Crippen LogP contribution in [0.5, 0.6) is 0 Å². The fraction of sp³-hybridized carbons (Fsp3) is 0.579. The molecular weight excluding hydrogens is 366 g/mol. The molecular formula is C19H29N3O4S. The Kier molecular flexibility index (Phi) is 7.41. The molecule has 0 bridgehead atoms. The van der Waals surface area contributed by atoms with E-state index in [1.807, 2.05) is 24.3 Å². The van der Waals surface area contributed by atoms with Gasteiger partial charge in [-0.3, -0.25) is 0 Å². The predicted molar refractivity (Wildman–Crippen MR) is 109 cm³/mol. The van der Waals surface area contributed by atoms with Crippen molar-refractivity contribution in [1.82, 2.24) is 5.32 Å². The largest absolute Gasteiger partial charge is 0.444 e. The molecule has 0 radical (unpaired) electrons. The molecule has 0 aliphatic carbocycles. The molecule has 7 nitrogen and oxygen atoms in total. The van der Waals surface area contributed by atoms with Crippen LogP contribution in [0.3, 0.4) is 0 Å². The molecule has 0 spiro atoms. The smallest absolute Gasteiger partial charge is 0.407 e. The van der Waals surface area contributed by atoms with E-state index in [9.17, 15) is 9.90 Å². The third kappa shape index (κ3) is 6.64. The lowest BCUT2D eigenvalue weighted by Gasteiger charge is -2.32. The summed E-state index contributed by atoms with van der Waals surface area (Å²) in [6.45, 7) is 8.25. The Morgan fingerprint density at radius 2 is 2.00 bits per heavy atom. The second-order valence-corrected chi connectivity index (χ2v) is 8.00. The third-order valence-electron chi connectivity index (χ3n) is 4.16. The number of amides is 1. The van der Waals surface area contributed by atoms with Crippen molar-refractivity contribution < 1.29 is 19.4 Å². The van der Waals surface area contributed by atoms with Gasteiger partial charge in [-0.2, -0.15) is 0 Å². The molecule has 1 aromatic carbocycles. The highest BCUT2D eigenvalue weighted by Crippen LogP contribution is 2.23. The number of anilines is 1. The number of carbonyl (C=O) groups is 1. The molecule has 27 heavy (non-hydrogen) atoms. The van der Waals surface area contributed by atoms with Gasteiger partial charge in [0.25, 0.3) is 0 Å². The molecule has 1 aliphatic rings. The quantitative estimate of drug-likeness (QED) is 0.630. The van der Waals surface area contributed by atoms with Crippen molar-refractivity contribution in [1.29, 1.82) is 0 Å². The predicted octanol–water partition coefficient (Wildman–Crippen LogP) is 1.61. The number of thiocarbonyl (C=S) groups is 1. The maximum absolute atomic E-state index is 12.2. The number of nitrogens with zero attached hydrogens (tertiary/aromatic N) is 1. The molecule has 0 aromatic heterocycles. The Labute approximate surface area is 165 Å². The molecule has 2 rings (SSSR count). The van der Waals surface area contributed by atoms with Gasteiger partial charge in [0, 0.05) is 18.8 Å². The zero-order valence-electron chi connectivity index (χ0n) is 16.1. The van der Waals surface area contributed by atoms with Crippen LogP contribution >= 0.6 is 12.2 Å². The molecule has 0 saturated carbocycles. The Morgan fingerprint density at radius 3 is 2.59 bits per heavy atom. The first kappa shape index (κ1) is 21.4. The van der Waals surface area contributed by atoms with Crippen LogP contribution in [0.15, 0.2) is 24.3 Å². The Hall–Kier alpha value is -1.90. The van der Waals surface area contributed by atoms with Crippen molar-refractivity contribution in [2.45, 2.75) is 44.9 Å². The number of aliphatic hydroxyl groups is 1. The van der Waals surface area contributed by atoms with Crippen molar-refractivity contribution in [2.24, 2.45) is 5.73 Å². The molecule has 4 N–H and O–H groups in total. The molecule has 2 atom stereocenters. The van der Waals surface area contributed by atoms with Crippen LogP contribution in [-0.4, -0.2) is 60.2 Å². The summed E-state index contributed by atoms with van der Waals surface area (Å²) < 4.78 is 10.7. The molecule has 1 aromatic rings. The number of para-hydroxylation sites is 1. The number of morpholine rings is 1. The first-order valence-electron chi connectivity index (χ1n) is 9.05. The normalized spacial score (nSPS) is 17.1. The van der Waals surface area contributed by atoms with Gasteiger partial charge in [-0.1, -0.05) is 30.4 Å². The first-order chi connectivity index (χ1) is 12.7. The molecule has 1 amide bonds. The van der Waals surface area contributed by atoms with Gasteiger partial charge in [-0.25, -0.2) is 4.79 Å². The van der Waals surface area contributed by atoms with E-state index >= 15 is 0 Å². The van der Waals surface area contributed by atoms with Crippen LogP contribution in [0.4, 0.5) is 10.5 Å². The van der Waals surface area contributed by atoms with Crippen molar-refractivity contribution in [3.63, 3.8) is 0 Å². The Balaban J connectivity index is 2.19. The topological polar surface area (TPSA) is 97.0 Å². The number of hydrogen-bond donors (Lipinski definition) is 3. The molecule has 1 heterocycles. The van der Waals surface area contributed by atoms with Crippen LogP contribution in [0.1, 0.15) is 26.3 Å². The lowest BCUT2D eigenvalue weighted by Crippen LogP contribution is -2.51. The Bertz CT molecular complexity index is 657. The summed E-state index contributed by atoms with van der Waals surface area (Å²) in [5.74, 6) is 0. The minimum Gasteiger partial charge on any atom is -0.444 e. The average molecular weight is 396 g/mol. The van der Waals surface area contributed by atoms with E-state index in [0.29, 0.717) is 19.6 Å². The van der Waals surface area contributed by atoms with Crippen LogP contribution in [-0.2, 0) is 15.9 Å². The van der Waals surface area contributed by atoms with Gasteiger partial charge in [0.15, 0.2) is 0 Å². The van der Waals surface area contributed by atoms with Crippen LogP contribution < -0.4 is 16.0 Å². The maximum atomic E-state index is 12.2. The van der Waals surface area contributed by atoms with E-state index in [4.69, 9.17) is 27.4 Å². The van der Waals surface area contributed by atoms with E-state index in [1.54, 1.807) is 20.8 Å². The minimum absolute atomic E-state index is 0.0695. The molecule has 1 saturated heterocycles. The number of alkyl carbamates (subject to hydrolysis) is 1. The minimum atomic E-state index is -1.16. The van der Waals surface area contributed by atoms with Crippen molar-refractivity contribution in [3.8, 4) is 0 Å². The summed E-state index contributed by atoms with van der Waals surface area (Å²) >= 11 is 4.94. The van der Waals surface area contributed by atoms with E-state index in [2.05, 4.69) is 10.2 Å². The fourth-order valence-corrected chi connectivity index (χ4v) is 3.10. The van der Waals surface area contributed by atoms with Crippen LogP contribution in [0.25, 0.3) is 0 Å². The third-order valence-corrected chi connectivity index (χ3v) is 4.40. The van der Waals surface area contributed by atoms with Gasteiger partial charge in [0.05, 0.1) is 19.3 Å². The summed E-state index contributed by atoms with van der Waals surface area (Å²) in [5, 5.41) is 13.1. The summed E-state index contributed by atoms with van der Waals surface area (Å²) in [7, 11) is 0. The summed E-state index contributed by atoms with van der Waals surface area (Å²) in [6, 6.07) is 7.20. The Morgan fingerprint density at radius 1 is 1.37 bits per heavy atom. The molecule has 8 heteroatoms. The monoisotopic (exact) mass is 395 g/mol. The standard InChI is InChI=1S/C19H29N3O4S/c1-19(2,3)26-18(24)21-14(16(23)17(20)27)12-13-6-4-5-7-15(13)22-8-10-25-11-9-22/h4-7,14,16,23H,8-12H2,1-3H3,(H2,20,27)(H,21,24)/t14-,16?/m0/s1. The highest BCUT2D eigenvalue weighted by atomic mass is 32.1. The van der Waals surface area contributed by atoms with Crippen LogP contribution in [0.2, 0.25) is 0 Å². The number of benzene rings is 1. The lowest BCUT2D eigenvalue weighted by atomic mass is 9.99. The van der Waals surface area contributed by atoms with Gasteiger partial charge in [0.2, 0.25) is 0 Å². The van der Waals surface area contributed by atoms with Gasteiger partial charge >= 0.3 is 6.09 Å². The van der Waals surface area contributed by atoms with Gasteiger partial charge in [-0.15, -0.1) is 0 Å². The lowest BCUT2D eigenvalue weighted by molar-refractivity contribution is 0.0464. The highest BCUT2D eigenvalue weighted by Gasteiger charge is 2.28. The van der Waals surface area contributed by atoms with E-state index in [0.717, 1.165) is 24.3 Å². The van der Waals surface area contributed by atoms with Crippen molar-refractivity contribution in [2.75, 3.05) is 31.2 Å². The van der Waals surface area contributed by atoms with Gasteiger partial charge < -0.3 is 30.5 Å². The average Bonchev–Trinajstić information content (AvgIpc) is 2.60. The fourth-order valence-electron chi connectivity index (χ4n) is 2.93. The second-order valence-electron chi connectivity index (χ2n) is 7.53. The SMILES string of the molecule is CC(C)(C)OC(=O)N[C@@H](Cc1ccccc1N1CCOCC1)C(O)C(N)=S. The number of rotatable bonds is 6. The summed E-state index contributed by atoms with van der Waals surface area (Å²) in [5.41, 5.74) is 7.02. The zero-order chi connectivity index (χ0) is 20.0. The molecule has 1 fully saturated rings. The highest BCUT2D eigenvalue weighted by molar-refractivity contribution is 7.80. The molecule has 1 aliphatic heterocycles. The van der Waals surface area contributed by atoms with E-state index in [1.165, 1.54) is 0 Å². The van der Waals surface area contributed by atoms with Crippen LogP contribution in [0, 0.1) is 0 Å². The molecule has 150 valence electrons. The van der Waals surface area contributed by atoms with E-state index in [-0.39, 0.29) is 4.99 Å². The van der Waals surface area contributed by atoms with Crippen molar-refractivity contribution >= 4 is 29.0 Å². The summed E-state index contributed by atoms with van der Waals surface area (Å²) in [4.78, 5) is 14.4. The number of hydrogen-bond acceptors (Lipinski definition) is 6. The first-order valence-corrected chi connectivity index (χ1v) is 9.45. The van der Waals surface area contributed by atoms with Gasteiger partial charge in [0.1, 0.15) is 16.7 Å². The number of ether oxygens (including phenoxy) is 2. The molecule has 1 unspecified atom stereocenters. The summed E-state index contributed by atoms with van der Waals surface area (Å²) in [6.07, 6.45) is -1.41. The second kappa shape index (κ2) is 9.34. The van der Waals surface area contributed by atoms with Crippen molar-refractivity contribution in [3.05, 3.63) is 29.8 Å². The maximum Gasteiger partial charge on any atom is 0.407 e. The van der Waals surface area contributed by atoms with Gasteiger partial charge in [-0.05, 0) is 38.8 Å². The zero-order valence-corrected chi connectivity index (χ0v) is 16.9. The number of nitrogens with two attached hydrogens (primary N) is 1. The number of carbonyl (C=O) groups excluding carboxylic acids is 1.